The summed E-state index contributed by atoms with van der Waals surface area (Å²) in [5, 5.41) is 2.83. The zero-order valence-corrected chi connectivity index (χ0v) is 16.8. The van der Waals surface area contributed by atoms with E-state index < -0.39 is 10.0 Å². The normalized spacial score (nSPS) is 11.6. The standard InChI is InChI=1S/C19H24N2O5S/c1-19(2,3)20-18(22)13-6-9-15(10-7-13)27(23,24)21-16-11-8-14(25-4)12-17(16)26-5/h6-12,21H,1-5H3,(H,20,22). The quantitative estimate of drug-likeness (QED) is 0.788. The van der Waals surface area contributed by atoms with E-state index in [0.717, 1.165) is 0 Å². The van der Waals surface area contributed by atoms with Crippen LogP contribution < -0.4 is 19.5 Å². The van der Waals surface area contributed by atoms with Crippen molar-refractivity contribution < 1.29 is 22.7 Å². The third-order valence-corrected chi connectivity index (χ3v) is 4.95. The van der Waals surface area contributed by atoms with Gasteiger partial charge in [0.2, 0.25) is 0 Å². The van der Waals surface area contributed by atoms with Gasteiger partial charge in [-0.05, 0) is 57.2 Å². The summed E-state index contributed by atoms with van der Waals surface area (Å²) in [6.45, 7) is 5.61. The van der Waals surface area contributed by atoms with Gasteiger partial charge in [-0.15, -0.1) is 0 Å². The first kappa shape index (κ1) is 20.6. The van der Waals surface area contributed by atoms with Gasteiger partial charge >= 0.3 is 0 Å². The molecule has 0 radical (unpaired) electrons. The lowest BCUT2D eigenvalue weighted by Gasteiger charge is -2.20. The molecule has 0 bridgehead atoms. The highest BCUT2D eigenvalue weighted by Crippen LogP contribution is 2.30. The number of carbonyl (C=O) groups is 1. The molecule has 8 heteroatoms. The van der Waals surface area contributed by atoms with Crippen LogP contribution in [0.25, 0.3) is 0 Å². The van der Waals surface area contributed by atoms with Crippen molar-refractivity contribution >= 4 is 21.6 Å². The maximum atomic E-state index is 12.6. The second-order valence-electron chi connectivity index (χ2n) is 6.90. The molecule has 2 rings (SSSR count). The van der Waals surface area contributed by atoms with Gasteiger partial charge < -0.3 is 14.8 Å². The molecule has 27 heavy (non-hydrogen) atoms. The van der Waals surface area contributed by atoms with Crippen molar-refractivity contribution in [1.82, 2.24) is 5.32 Å². The molecule has 0 aliphatic carbocycles. The van der Waals surface area contributed by atoms with Crippen LogP contribution >= 0.6 is 0 Å². The Hall–Kier alpha value is -2.74. The van der Waals surface area contributed by atoms with Crippen molar-refractivity contribution in [2.45, 2.75) is 31.2 Å². The summed E-state index contributed by atoms with van der Waals surface area (Å²) in [5.41, 5.74) is 0.285. The molecule has 2 aromatic rings. The number of methoxy groups -OCH3 is 2. The van der Waals surface area contributed by atoms with E-state index in [1.165, 1.54) is 38.5 Å². The Morgan fingerprint density at radius 1 is 0.963 bits per heavy atom. The van der Waals surface area contributed by atoms with E-state index in [9.17, 15) is 13.2 Å². The average molecular weight is 392 g/mol. The minimum atomic E-state index is -3.85. The van der Waals surface area contributed by atoms with Crippen molar-refractivity contribution in [2.75, 3.05) is 18.9 Å². The number of ether oxygens (including phenoxy) is 2. The summed E-state index contributed by atoms with van der Waals surface area (Å²) in [7, 11) is -0.896. The summed E-state index contributed by atoms with van der Waals surface area (Å²) in [6, 6.07) is 10.5. The number of nitrogens with one attached hydrogen (secondary N) is 2. The number of benzene rings is 2. The van der Waals surface area contributed by atoms with Crippen LogP contribution in [0.5, 0.6) is 11.5 Å². The fourth-order valence-electron chi connectivity index (χ4n) is 2.28. The van der Waals surface area contributed by atoms with Gasteiger partial charge in [0.05, 0.1) is 24.8 Å². The van der Waals surface area contributed by atoms with Crippen molar-refractivity contribution in [3.05, 3.63) is 48.0 Å². The Balaban J connectivity index is 2.24. The van der Waals surface area contributed by atoms with Gasteiger partial charge in [-0.1, -0.05) is 0 Å². The maximum absolute atomic E-state index is 12.6. The second kappa shape index (κ2) is 7.87. The van der Waals surface area contributed by atoms with Crippen LogP contribution in [-0.4, -0.2) is 34.1 Å². The first-order valence-corrected chi connectivity index (χ1v) is 9.71. The summed E-state index contributed by atoms with van der Waals surface area (Å²) < 4.78 is 38.1. The largest absolute Gasteiger partial charge is 0.497 e. The predicted octanol–water partition coefficient (Wildman–Crippen LogP) is 3.03. The zero-order valence-electron chi connectivity index (χ0n) is 16.0. The van der Waals surface area contributed by atoms with E-state index >= 15 is 0 Å². The van der Waals surface area contributed by atoms with Gasteiger partial charge in [0.15, 0.2) is 0 Å². The molecule has 0 unspecified atom stereocenters. The molecule has 0 heterocycles. The molecule has 7 nitrogen and oxygen atoms in total. The molecule has 2 aromatic carbocycles. The molecule has 1 amide bonds. The molecule has 0 aromatic heterocycles. The lowest BCUT2D eigenvalue weighted by atomic mass is 10.1. The molecule has 0 saturated heterocycles. The maximum Gasteiger partial charge on any atom is 0.262 e. The van der Waals surface area contributed by atoms with Crippen LogP contribution in [-0.2, 0) is 10.0 Å². The van der Waals surface area contributed by atoms with Crippen molar-refractivity contribution in [3.63, 3.8) is 0 Å². The smallest absolute Gasteiger partial charge is 0.262 e. The third kappa shape index (κ3) is 5.37. The lowest BCUT2D eigenvalue weighted by Crippen LogP contribution is -2.40. The molecule has 2 N–H and O–H groups in total. The van der Waals surface area contributed by atoms with E-state index in [1.807, 2.05) is 20.8 Å². The fourth-order valence-corrected chi connectivity index (χ4v) is 3.36. The molecule has 0 aliphatic rings. The van der Waals surface area contributed by atoms with Gasteiger partial charge in [0.1, 0.15) is 11.5 Å². The Morgan fingerprint density at radius 3 is 2.11 bits per heavy atom. The molecular weight excluding hydrogens is 368 g/mol. The van der Waals surface area contributed by atoms with E-state index in [2.05, 4.69) is 10.0 Å². The highest BCUT2D eigenvalue weighted by Gasteiger charge is 2.19. The Morgan fingerprint density at radius 2 is 1.59 bits per heavy atom. The first-order chi connectivity index (χ1) is 12.6. The highest BCUT2D eigenvalue weighted by atomic mass is 32.2. The molecule has 0 aliphatic heterocycles. The number of anilines is 1. The summed E-state index contributed by atoms with van der Waals surface area (Å²) in [6.07, 6.45) is 0. The number of hydrogen-bond acceptors (Lipinski definition) is 5. The van der Waals surface area contributed by atoms with E-state index in [0.29, 0.717) is 17.1 Å². The molecule has 0 atom stereocenters. The molecule has 0 spiro atoms. The molecule has 0 saturated carbocycles. The number of amides is 1. The zero-order chi connectivity index (χ0) is 20.2. The predicted molar refractivity (Wildman–Crippen MR) is 104 cm³/mol. The van der Waals surface area contributed by atoms with E-state index in [1.54, 1.807) is 18.2 Å². The van der Waals surface area contributed by atoms with Crippen LogP contribution in [0.15, 0.2) is 47.4 Å². The van der Waals surface area contributed by atoms with Crippen molar-refractivity contribution in [1.29, 1.82) is 0 Å². The minimum absolute atomic E-state index is 0.0349. The number of carbonyl (C=O) groups excluding carboxylic acids is 1. The molecule has 146 valence electrons. The Labute approximate surface area is 159 Å². The topological polar surface area (TPSA) is 93.7 Å². The van der Waals surface area contributed by atoms with Crippen molar-refractivity contribution in [2.24, 2.45) is 0 Å². The van der Waals surface area contributed by atoms with E-state index in [-0.39, 0.29) is 22.0 Å². The van der Waals surface area contributed by atoms with Crippen LogP contribution in [0, 0.1) is 0 Å². The van der Waals surface area contributed by atoms with Gasteiger partial charge in [0.25, 0.3) is 15.9 Å². The van der Waals surface area contributed by atoms with Crippen molar-refractivity contribution in [3.8, 4) is 11.5 Å². The average Bonchev–Trinajstić information content (AvgIpc) is 2.60. The van der Waals surface area contributed by atoms with Crippen LogP contribution in [0.3, 0.4) is 0 Å². The summed E-state index contributed by atoms with van der Waals surface area (Å²) >= 11 is 0. The number of sulfonamides is 1. The third-order valence-electron chi connectivity index (χ3n) is 3.57. The Bertz CT molecular complexity index is 916. The summed E-state index contributed by atoms with van der Waals surface area (Å²) in [4.78, 5) is 12.2. The molecule has 0 fully saturated rings. The van der Waals surface area contributed by atoms with Gasteiger partial charge in [0, 0.05) is 17.2 Å². The van der Waals surface area contributed by atoms with Crippen LogP contribution in [0.2, 0.25) is 0 Å². The van der Waals surface area contributed by atoms with Gasteiger partial charge in [-0.2, -0.15) is 0 Å². The second-order valence-corrected chi connectivity index (χ2v) is 8.58. The number of rotatable bonds is 6. The molecular formula is C19H24N2O5S. The lowest BCUT2D eigenvalue weighted by molar-refractivity contribution is 0.0919. The SMILES string of the molecule is COc1ccc(NS(=O)(=O)c2ccc(C(=O)NC(C)(C)C)cc2)c(OC)c1. The minimum Gasteiger partial charge on any atom is -0.497 e. The first-order valence-electron chi connectivity index (χ1n) is 8.23. The fraction of sp³-hybridized carbons (Fsp3) is 0.316. The van der Waals surface area contributed by atoms with Gasteiger partial charge in [-0.25, -0.2) is 8.42 Å². The highest BCUT2D eigenvalue weighted by molar-refractivity contribution is 7.92. The monoisotopic (exact) mass is 392 g/mol. The van der Waals surface area contributed by atoms with E-state index in [4.69, 9.17) is 9.47 Å². The van der Waals surface area contributed by atoms with Crippen LogP contribution in [0.1, 0.15) is 31.1 Å². The Kier molecular flexibility index (Phi) is 6.00. The number of hydrogen-bond donors (Lipinski definition) is 2. The summed E-state index contributed by atoms with van der Waals surface area (Å²) in [5.74, 6) is 0.611. The van der Waals surface area contributed by atoms with Gasteiger partial charge in [-0.3, -0.25) is 9.52 Å². The van der Waals surface area contributed by atoms with Crippen LogP contribution in [0.4, 0.5) is 5.69 Å².